The summed E-state index contributed by atoms with van der Waals surface area (Å²) in [7, 11) is -3.61. The minimum Gasteiger partial charge on any atom is -0.309 e. The van der Waals surface area contributed by atoms with Crippen molar-refractivity contribution in [3.05, 3.63) is 66.9 Å². The zero-order valence-electron chi connectivity index (χ0n) is 14.3. The van der Waals surface area contributed by atoms with E-state index in [1.54, 1.807) is 24.4 Å². The average molecular weight is 369 g/mol. The van der Waals surface area contributed by atoms with Crippen LogP contribution in [0, 0.1) is 0 Å². The number of pyridine rings is 1. The number of nitrogens with one attached hydrogen (secondary N) is 1. The van der Waals surface area contributed by atoms with Crippen LogP contribution in [0.4, 0.5) is 5.69 Å². The molecule has 0 aliphatic carbocycles. The van der Waals surface area contributed by atoms with Gasteiger partial charge in [-0.3, -0.25) is 9.78 Å². The van der Waals surface area contributed by atoms with Crippen LogP contribution in [-0.2, 0) is 14.8 Å². The van der Waals surface area contributed by atoms with Crippen LogP contribution in [0.3, 0.4) is 0 Å². The molecule has 0 aliphatic heterocycles. The molecule has 0 atom stereocenters. The molecule has 1 aromatic heterocycles. The Morgan fingerprint density at radius 2 is 1.77 bits per heavy atom. The maximum Gasteiger partial charge on any atom is 0.240 e. The Bertz CT molecular complexity index is 1020. The normalized spacial score (nSPS) is 11.4. The van der Waals surface area contributed by atoms with Crippen molar-refractivity contribution in [3.8, 4) is 0 Å². The first-order chi connectivity index (χ1) is 12.5. The van der Waals surface area contributed by atoms with Gasteiger partial charge in [-0.05, 0) is 24.3 Å². The molecule has 1 heterocycles. The van der Waals surface area contributed by atoms with E-state index < -0.39 is 10.0 Å². The smallest absolute Gasteiger partial charge is 0.240 e. The van der Waals surface area contributed by atoms with E-state index in [1.165, 1.54) is 24.0 Å². The number of para-hydroxylation sites is 1. The Morgan fingerprint density at radius 3 is 2.50 bits per heavy atom. The Morgan fingerprint density at radius 1 is 1.04 bits per heavy atom. The third kappa shape index (κ3) is 3.89. The van der Waals surface area contributed by atoms with E-state index in [9.17, 15) is 13.2 Å². The van der Waals surface area contributed by atoms with Crippen molar-refractivity contribution in [2.24, 2.45) is 0 Å². The van der Waals surface area contributed by atoms with Crippen LogP contribution in [0.2, 0.25) is 0 Å². The van der Waals surface area contributed by atoms with Crippen molar-refractivity contribution in [2.75, 3.05) is 18.0 Å². The molecular formula is C19H19N3O3S. The fraction of sp³-hybridized carbons (Fsp3) is 0.158. The number of fused-ring (bicyclic) bond motifs is 1. The predicted octanol–water partition coefficient (Wildman–Crippen LogP) is 2.57. The van der Waals surface area contributed by atoms with E-state index in [-0.39, 0.29) is 23.9 Å². The van der Waals surface area contributed by atoms with Gasteiger partial charge in [0.1, 0.15) is 0 Å². The molecule has 3 aromatic rings. The van der Waals surface area contributed by atoms with Gasteiger partial charge in [0, 0.05) is 31.6 Å². The van der Waals surface area contributed by atoms with Gasteiger partial charge in [-0.1, -0.05) is 36.4 Å². The molecule has 0 unspecified atom stereocenters. The van der Waals surface area contributed by atoms with Gasteiger partial charge in [0.05, 0.1) is 16.1 Å². The minimum absolute atomic E-state index is 0.0973. The van der Waals surface area contributed by atoms with Gasteiger partial charge >= 0.3 is 0 Å². The number of carbonyl (C=O) groups is 1. The summed E-state index contributed by atoms with van der Waals surface area (Å²) >= 11 is 0. The van der Waals surface area contributed by atoms with Crippen LogP contribution in [0.5, 0.6) is 0 Å². The largest absolute Gasteiger partial charge is 0.309 e. The molecule has 6 nitrogen and oxygen atoms in total. The highest BCUT2D eigenvalue weighted by Crippen LogP contribution is 2.24. The third-order valence-corrected chi connectivity index (χ3v) is 5.44. The lowest BCUT2D eigenvalue weighted by molar-refractivity contribution is -0.116. The first-order valence-corrected chi connectivity index (χ1v) is 9.64. The molecule has 0 saturated carbocycles. The minimum atomic E-state index is -3.61. The molecule has 0 spiro atoms. The number of hydrogen-bond acceptors (Lipinski definition) is 4. The first kappa shape index (κ1) is 18.0. The van der Waals surface area contributed by atoms with Crippen molar-refractivity contribution in [1.29, 1.82) is 0 Å². The van der Waals surface area contributed by atoms with Crippen molar-refractivity contribution in [2.45, 2.75) is 11.8 Å². The number of hydrogen-bond donors (Lipinski definition) is 1. The molecule has 0 saturated heterocycles. The number of amides is 1. The third-order valence-electron chi connectivity index (χ3n) is 3.96. The molecule has 0 aliphatic rings. The van der Waals surface area contributed by atoms with Crippen molar-refractivity contribution >= 4 is 32.5 Å². The average Bonchev–Trinajstić information content (AvgIpc) is 2.65. The van der Waals surface area contributed by atoms with Crippen LogP contribution in [0.25, 0.3) is 10.9 Å². The zero-order chi connectivity index (χ0) is 18.6. The second kappa shape index (κ2) is 7.63. The van der Waals surface area contributed by atoms with Gasteiger partial charge in [0.25, 0.3) is 0 Å². The fourth-order valence-electron chi connectivity index (χ4n) is 2.73. The summed E-state index contributed by atoms with van der Waals surface area (Å²) in [5, 5.41) is 0.918. The zero-order valence-corrected chi connectivity index (χ0v) is 15.1. The van der Waals surface area contributed by atoms with Crippen LogP contribution < -0.4 is 9.62 Å². The molecule has 0 bridgehead atoms. The molecule has 1 amide bonds. The summed E-state index contributed by atoms with van der Waals surface area (Å²) in [6, 6.07) is 17.5. The lowest BCUT2D eigenvalue weighted by Crippen LogP contribution is -2.37. The quantitative estimate of drug-likeness (QED) is 0.724. The molecule has 3 rings (SSSR count). The van der Waals surface area contributed by atoms with Crippen LogP contribution in [-0.4, -0.2) is 32.4 Å². The van der Waals surface area contributed by atoms with Crippen molar-refractivity contribution < 1.29 is 13.2 Å². The summed E-state index contributed by atoms with van der Waals surface area (Å²) in [4.78, 5) is 18.2. The molecule has 134 valence electrons. The Balaban J connectivity index is 1.79. The standard InChI is InChI=1S/C19H19N3O3S/c1-15(23)22(18-11-5-7-16-8-6-12-20-19(16)18)14-13-21-26(24,25)17-9-3-2-4-10-17/h2-12,21H,13-14H2,1H3. The number of rotatable bonds is 6. The van der Waals surface area contributed by atoms with Crippen molar-refractivity contribution in [3.63, 3.8) is 0 Å². The van der Waals surface area contributed by atoms with E-state index in [4.69, 9.17) is 0 Å². The molecule has 2 aromatic carbocycles. The molecular weight excluding hydrogens is 350 g/mol. The van der Waals surface area contributed by atoms with E-state index in [1.807, 2.05) is 30.3 Å². The summed E-state index contributed by atoms with van der Waals surface area (Å²) in [6.07, 6.45) is 1.67. The monoisotopic (exact) mass is 369 g/mol. The van der Waals surface area contributed by atoms with E-state index in [2.05, 4.69) is 9.71 Å². The Hall–Kier alpha value is -2.77. The summed E-state index contributed by atoms with van der Waals surface area (Å²) in [5.74, 6) is -0.179. The van der Waals surface area contributed by atoms with E-state index >= 15 is 0 Å². The number of sulfonamides is 1. The van der Waals surface area contributed by atoms with Gasteiger partial charge in [0.2, 0.25) is 15.9 Å². The van der Waals surface area contributed by atoms with Crippen LogP contribution >= 0.6 is 0 Å². The van der Waals surface area contributed by atoms with E-state index in [0.29, 0.717) is 11.2 Å². The summed E-state index contributed by atoms with van der Waals surface area (Å²) < 4.78 is 27.1. The number of carbonyl (C=O) groups excluding carboxylic acids is 1. The van der Waals surface area contributed by atoms with Crippen molar-refractivity contribution in [1.82, 2.24) is 9.71 Å². The number of aromatic nitrogens is 1. The predicted molar refractivity (Wildman–Crippen MR) is 101 cm³/mol. The Kier molecular flexibility index (Phi) is 5.29. The van der Waals surface area contributed by atoms with E-state index in [0.717, 1.165) is 5.39 Å². The SMILES string of the molecule is CC(=O)N(CCNS(=O)(=O)c1ccccc1)c1cccc2cccnc12. The molecule has 0 radical (unpaired) electrons. The first-order valence-electron chi connectivity index (χ1n) is 8.15. The lowest BCUT2D eigenvalue weighted by Gasteiger charge is -2.22. The number of anilines is 1. The highest BCUT2D eigenvalue weighted by Gasteiger charge is 2.17. The molecule has 26 heavy (non-hydrogen) atoms. The lowest BCUT2D eigenvalue weighted by atomic mass is 10.1. The number of nitrogens with zero attached hydrogens (tertiary/aromatic N) is 2. The highest BCUT2D eigenvalue weighted by atomic mass is 32.2. The maximum atomic E-state index is 12.3. The molecule has 0 fully saturated rings. The van der Waals surface area contributed by atoms with Gasteiger partial charge in [-0.25, -0.2) is 13.1 Å². The topological polar surface area (TPSA) is 79.4 Å². The van der Waals surface area contributed by atoms with Crippen LogP contribution in [0.15, 0.2) is 71.8 Å². The Labute approximate surface area is 152 Å². The van der Waals surface area contributed by atoms with Gasteiger partial charge in [-0.2, -0.15) is 0 Å². The van der Waals surface area contributed by atoms with Gasteiger partial charge in [0.15, 0.2) is 0 Å². The molecule has 1 N–H and O–H groups in total. The fourth-order valence-corrected chi connectivity index (χ4v) is 3.77. The van der Waals surface area contributed by atoms with Crippen LogP contribution in [0.1, 0.15) is 6.92 Å². The summed E-state index contributed by atoms with van der Waals surface area (Å²) in [6.45, 7) is 1.75. The highest BCUT2D eigenvalue weighted by molar-refractivity contribution is 7.89. The van der Waals surface area contributed by atoms with Gasteiger partial charge in [-0.15, -0.1) is 0 Å². The maximum absolute atomic E-state index is 12.3. The van der Waals surface area contributed by atoms with Gasteiger partial charge < -0.3 is 4.90 Å². The summed E-state index contributed by atoms with van der Waals surface area (Å²) in [5.41, 5.74) is 1.37. The molecule has 7 heteroatoms. The second-order valence-electron chi connectivity index (χ2n) is 5.73. The number of benzene rings is 2. The second-order valence-corrected chi connectivity index (χ2v) is 7.50.